The van der Waals surface area contributed by atoms with Gasteiger partial charge in [-0.3, -0.25) is 4.79 Å². The summed E-state index contributed by atoms with van der Waals surface area (Å²) in [5.74, 6) is -0.300. The van der Waals surface area contributed by atoms with Crippen molar-refractivity contribution in [2.24, 2.45) is 5.16 Å². The topological polar surface area (TPSA) is 38.7 Å². The van der Waals surface area contributed by atoms with Gasteiger partial charge in [-0.05, 0) is 17.7 Å². The third-order valence-corrected chi connectivity index (χ3v) is 1.29. The number of carbonyl (C=O) groups is 1. The highest BCUT2D eigenvalue weighted by atomic mass is 19.1. The van der Waals surface area contributed by atoms with Crippen LogP contribution in [0.2, 0.25) is 0 Å². The molecule has 0 aromatic heterocycles. The summed E-state index contributed by atoms with van der Waals surface area (Å²) in [5, 5.41) is 3.48. The molecule has 0 unspecified atom stereocenters. The van der Waals surface area contributed by atoms with Crippen molar-refractivity contribution in [2.45, 2.75) is 0 Å². The third-order valence-electron chi connectivity index (χ3n) is 1.29. The number of nitrogens with zero attached hydrogens (tertiary/aromatic N) is 1. The molecular formula is C9H8FNO2. The minimum atomic E-state index is -0.300. The van der Waals surface area contributed by atoms with Crippen LogP contribution in [0.3, 0.4) is 0 Å². The Kier molecular flexibility index (Phi) is 3.63. The van der Waals surface area contributed by atoms with Gasteiger partial charge < -0.3 is 4.84 Å². The number of oxime groups is 1. The molecule has 0 heterocycles. The lowest BCUT2D eigenvalue weighted by Crippen LogP contribution is -1.89. The molecule has 1 aromatic rings. The van der Waals surface area contributed by atoms with Gasteiger partial charge in [0, 0.05) is 0 Å². The largest absolute Gasteiger partial charge is 0.388 e. The van der Waals surface area contributed by atoms with Gasteiger partial charge in [-0.15, -0.1) is 0 Å². The molecule has 0 spiro atoms. The Morgan fingerprint density at radius 1 is 1.38 bits per heavy atom. The Labute approximate surface area is 74.8 Å². The van der Waals surface area contributed by atoms with E-state index in [0.717, 1.165) is 0 Å². The van der Waals surface area contributed by atoms with Crippen molar-refractivity contribution in [1.82, 2.24) is 0 Å². The lowest BCUT2D eigenvalue weighted by atomic mass is 10.2. The zero-order valence-corrected chi connectivity index (χ0v) is 6.81. The molecule has 0 saturated heterocycles. The quantitative estimate of drug-likeness (QED) is 0.304. The van der Waals surface area contributed by atoms with E-state index in [0.29, 0.717) is 11.8 Å². The maximum atomic E-state index is 12.4. The first kappa shape index (κ1) is 9.38. The molecule has 1 aromatic carbocycles. The highest BCUT2D eigenvalue weighted by molar-refractivity contribution is 5.78. The van der Waals surface area contributed by atoms with E-state index in [4.69, 9.17) is 0 Å². The molecule has 0 amide bonds. The van der Waals surface area contributed by atoms with Crippen molar-refractivity contribution in [3.63, 3.8) is 0 Å². The van der Waals surface area contributed by atoms with Crippen LogP contribution in [0.1, 0.15) is 5.56 Å². The predicted molar refractivity (Wildman–Crippen MR) is 46.0 cm³/mol. The van der Waals surface area contributed by atoms with Crippen molar-refractivity contribution in [1.29, 1.82) is 0 Å². The van der Waals surface area contributed by atoms with Gasteiger partial charge in [0.15, 0.2) is 12.9 Å². The second kappa shape index (κ2) is 5.03. The lowest BCUT2D eigenvalue weighted by molar-refractivity contribution is -0.111. The molecule has 0 N–H and O–H groups in total. The zero-order valence-electron chi connectivity index (χ0n) is 6.81. The smallest absolute Gasteiger partial charge is 0.172 e. The molecule has 0 radical (unpaired) electrons. The molecule has 0 fully saturated rings. The van der Waals surface area contributed by atoms with Crippen molar-refractivity contribution >= 4 is 12.5 Å². The van der Waals surface area contributed by atoms with Crippen LogP contribution in [0.4, 0.5) is 4.39 Å². The highest BCUT2D eigenvalue weighted by Gasteiger charge is 1.88. The molecule has 0 aliphatic carbocycles. The summed E-state index contributed by atoms with van der Waals surface area (Å²) in [6, 6.07) is 5.76. The van der Waals surface area contributed by atoms with Crippen molar-refractivity contribution in [2.75, 3.05) is 6.61 Å². The molecule has 0 aliphatic heterocycles. The summed E-state index contributed by atoms with van der Waals surface area (Å²) in [6.45, 7) is -0.0717. The van der Waals surface area contributed by atoms with E-state index in [2.05, 4.69) is 9.99 Å². The van der Waals surface area contributed by atoms with Gasteiger partial charge in [-0.25, -0.2) is 4.39 Å². The van der Waals surface area contributed by atoms with E-state index >= 15 is 0 Å². The third kappa shape index (κ3) is 3.46. The Hall–Kier alpha value is -1.71. The molecule has 1 rings (SSSR count). The van der Waals surface area contributed by atoms with E-state index < -0.39 is 0 Å². The highest BCUT2D eigenvalue weighted by Crippen LogP contribution is 1.99. The van der Waals surface area contributed by atoms with Crippen LogP contribution < -0.4 is 0 Å². The first-order valence-electron chi connectivity index (χ1n) is 3.67. The molecule has 0 bridgehead atoms. The van der Waals surface area contributed by atoms with Crippen LogP contribution in [-0.2, 0) is 9.63 Å². The second-order valence-electron chi connectivity index (χ2n) is 2.25. The molecule has 4 heteroatoms. The van der Waals surface area contributed by atoms with Crippen LogP contribution in [0.25, 0.3) is 0 Å². The van der Waals surface area contributed by atoms with Crippen molar-refractivity contribution in [3.05, 3.63) is 35.6 Å². The zero-order chi connectivity index (χ0) is 9.52. The standard InChI is InChI=1S/C9H8FNO2/c10-9-3-1-8(2-4-9)7-11-13-6-5-12/h1-5,7H,6H2/b11-7+. The van der Waals surface area contributed by atoms with Gasteiger partial charge in [0.2, 0.25) is 0 Å². The number of rotatable bonds is 4. The van der Waals surface area contributed by atoms with Gasteiger partial charge in [-0.1, -0.05) is 17.3 Å². The van der Waals surface area contributed by atoms with Crippen molar-refractivity contribution < 1.29 is 14.0 Å². The summed E-state index contributed by atoms with van der Waals surface area (Å²) in [7, 11) is 0. The maximum absolute atomic E-state index is 12.4. The molecule has 0 atom stereocenters. The molecule has 68 valence electrons. The first-order valence-corrected chi connectivity index (χ1v) is 3.67. The maximum Gasteiger partial charge on any atom is 0.172 e. The van der Waals surface area contributed by atoms with Gasteiger partial charge in [0.25, 0.3) is 0 Å². The van der Waals surface area contributed by atoms with Gasteiger partial charge >= 0.3 is 0 Å². The summed E-state index contributed by atoms with van der Waals surface area (Å²) < 4.78 is 12.4. The van der Waals surface area contributed by atoms with E-state index in [-0.39, 0.29) is 12.4 Å². The number of hydrogen-bond donors (Lipinski definition) is 0. The predicted octanol–water partition coefficient (Wildman–Crippen LogP) is 1.38. The fourth-order valence-electron chi connectivity index (χ4n) is 0.720. The fraction of sp³-hybridized carbons (Fsp3) is 0.111. The van der Waals surface area contributed by atoms with Crippen molar-refractivity contribution in [3.8, 4) is 0 Å². The lowest BCUT2D eigenvalue weighted by Gasteiger charge is -1.92. The average molecular weight is 181 g/mol. The summed E-state index contributed by atoms with van der Waals surface area (Å²) in [6.07, 6.45) is 2.00. The molecule has 13 heavy (non-hydrogen) atoms. The Morgan fingerprint density at radius 2 is 2.08 bits per heavy atom. The number of benzene rings is 1. The van der Waals surface area contributed by atoms with E-state index in [1.807, 2.05) is 0 Å². The number of halogens is 1. The molecule has 3 nitrogen and oxygen atoms in total. The van der Waals surface area contributed by atoms with Crippen LogP contribution >= 0.6 is 0 Å². The Balaban J connectivity index is 2.49. The summed E-state index contributed by atoms with van der Waals surface area (Å²) in [4.78, 5) is 14.3. The number of hydrogen-bond acceptors (Lipinski definition) is 3. The molecular weight excluding hydrogens is 173 g/mol. The van der Waals surface area contributed by atoms with E-state index in [1.165, 1.54) is 18.3 Å². The normalized spacial score (nSPS) is 10.2. The Bertz CT molecular complexity index is 295. The van der Waals surface area contributed by atoms with Crippen LogP contribution in [0, 0.1) is 5.82 Å². The second-order valence-corrected chi connectivity index (χ2v) is 2.25. The minimum Gasteiger partial charge on any atom is -0.388 e. The number of carbonyl (C=O) groups excluding carboxylic acids is 1. The van der Waals surface area contributed by atoms with Crippen LogP contribution in [0.15, 0.2) is 29.4 Å². The summed E-state index contributed by atoms with van der Waals surface area (Å²) in [5.41, 5.74) is 0.715. The fourth-order valence-corrected chi connectivity index (χ4v) is 0.720. The first-order chi connectivity index (χ1) is 6.33. The van der Waals surface area contributed by atoms with Gasteiger partial charge in [0.1, 0.15) is 5.82 Å². The minimum absolute atomic E-state index is 0.0717. The van der Waals surface area contributed by atoms with Crippen LogP contribution in [0.5, 0.6) is 0 Å². The average Bonchev–Trinajstić information content (AvgIpc) is 2.15. The van der Waals surface area contributed by atoms with Gasteiger partial charge in [-0.2, -0.15) is 0 Å². The van der Waals surface area contributed by atoms with Gasteiger partial charge in [0.05, 0.1) is 6.21 Å². The van der Waals surface area contributed by atoms with Crippen LogP contribution in [-0.4, -0.2) is 19.1 Å². The van der Waals surface area contributed by atoms with E-state index in [9.17, 15) is 9.18 Å². The van der Waals surface area contributed by atoms with E-state index in [1.54, 1.807) is 12.1 Å². The summed E-state index contributed by atoms with van der Waals surface area (Å²) >= 11 is 0. The number of aldehydes is 1. The SMILES string of the molecule is O=CCO/N=C/c1ccc(F)cc1. The molecule has 0 saturated carbocycles. The molecule has 0 aliphatic rings. The monoisotopic (exact) mass is 181 g/mol. The Morgan fingerprint density at radius 3 is 2.69 bits per heavy atom.